The first kappa shape index (κ1) is 21.5. The van der Waals surface area contributed by atoms with Crippen LogP contribution in [0.1, 0.15) is 74.6 Å². The second-order valence-corrected chi connectivity index (χ2v) is 9.00. The molecule has 0 aliphatic carbocycles. The summed E-state index contributed by atoms with van der Waals surface area (Å²) in [6.45, 7) is 9.32. The number of amides is 2. The van der Waals surface area contributed by atoms with Gasteiger partial charge in [0, 0.05) is 13.0 Å². The predicted octanol–water partition coefficient (Wildman–Crippen LogP) is 3.31. The average Bonchev–Trinajstić information content (AvgIpc) is 2.81. The van der Waals surface area contributed by atoms with Gasteiger partial charge in [-0.05, 0) is 53.2 Å². The summed E-state index contributed by atoms with van der Waals surface area (Å²) >= 11 is 0. The van der Waals surface area contributed by atoms with Crippen molar-refractivity contribution in [1.82, 2.24) is 4.90 Å². The Morgan fingerprint density at radius 2 is 1.66 bits per heavy atom. The van der Waals surface area contributed by atoms with Gasteiger partial charge in [-0.25, -0.2) is 0 Å². The van der Waals surface area contributed by atoms with E-state index >= 15 is 0 Å². The highest BCUT2D eigenvalue weighted by molar-refractivity contribution is 6.21. The minimum Gasteiger partial charge on any atom is -0.460 e. The Hall–Kier alpha value is -2.25. The Morgan fingerprint density at radius 1 is 1.10 bits per heavy atom. The van der Waals surface area contributed by atoms with E-state index in [2.05, 4.69) is 0 Å². The van der Waals surface area contributed by atoms with E-state index in [1.807, 2.05) is 20.8 Å². The van der Waals surface area contributed by atoms with Gasteiger partial charge in [-0.1, -0.05) is 12.1 Å². The fraction of sp³-hybridized carbons (Fsp3) is 0.591. The Morgan fingerprint density at radius 3 is 2.21 bits per heavy atom. The van der Waals surface area contributed by atoms with Crippen molar-refractivity contribution >= 4 is 17.8 Å². The summed E-state index contributed by atoms with van der Waals surface area (Å²) in [7, 11) is 0. The number of benzene rings is 1. The van der Waals surface area contributed by atoms with Gasteiger partial charge in [0.1, 0.15) is 5.60 Å². The molecule has 0 saturated carbocycles. The third-order valence-electron chi connectivity index (χ3n) is 4.79. The van der Waals surface area contributed by atoms with E-state index in [-0.39, 0.29) is 43.0 Å². The highest BCUT2D eigenvalue weighted by Crippen LogP contribution is 2.31. The van der Waals surface area contributed by atoms with Gasteiger partial charge >= 0.3 is 5.97 Å². The lowest BCUT2D eigenvalue weighted by Gasteiger charge is -2.41. The summed E-state index contributed by atoms with van der Waals surface area (Å²) in [5.41, 5.74) is 0.324. The molecule has 7 heteroatoms. The minimum atomic E-state index is -0.864. The molecule has 7 nitrogen and oxygen atoms in total. The van der Waals surface area contributed by atoms with Gasteiger partial charge in [0.2, 0.25) is 0 Å². The monoisotopic (exact) mass is 403 g/mol. The number of rotatable bonds is 5. The zero-order valence-corrected chi connectivity index (χ0v) is 17.7. The molecule has 0 aromatic heterocycles. The topological polar surface area (TPSA) is 82.1 Å². The second kappa shape index (κ2) is 7.88. The number of esters is 1. The van der Waals surface area contributed by atoms with Crippen LogP contribution in [-0.2, 0) is 19.0 Å². The number of carbonyl (C=O) groups is 3. The van der Waals surface area contributed by atoms with Crippen LogP contribution in [0.25, 0.3) is 0 Å². The van der Waals surface area contributed by atoms with E-state index in [0.29, 0.717) is 24.0 Å². The average molecular weight is 403 g/mol. The number of carbonyl (C=O) groups excluding carboxylic acids is 3. The maximum absolute atomic E-state index is 12.5. The summed E-state index contributed by atoms with van der Waals surface area (Å²) < 4.78 is 17.2. The molecule has 1 aromatic rings. The number of hydrogen-bond acceptors (Lipinski definition) is 6. The Labute approximate surface area is 171 Å². The van der Waals surface area contributed by atoms with Crippen LogP contribution in [0, 0.1) is 0 Å². The van der Waals surface area contributed by atoms with Crippen LogP contribution in [0.3, 0.4) is 0 Å². The van der Waals surface area contributed by atoms with Crippen LogP contribution in [0.4, 0.5) is 0 Å². The molecule has 0 N–H and O–H groups in total. The van der Waals surface area contributed by atoms with Crippen molar-refractivity contribution in [3.05, 3.63) is 35.4 Å². The van der Waals surface area contributed by atoms with Crippen molar-refractivity contribution in [1.29, 1.82) is 0 Å². The molecular formula is C22H29NO6. The molecule has 2 aliphatic rings. The summed E-state index contributed by atoms with van der Waals surface area (Å²) in [6, 6.07) is 6.83. The smallest absolute Gasteiger partial charge is 0.308 e. The van der Waals surface area contributed by atoms with Crippen molar-refractivity contribution in [3.8, 4) is 0 Å². The minimum absolute atomic E-state index is 0.133. The highest BCUT2D eigenvalue weighted by Gasteiger charge is 2.39. The van der Waals surface area contributed by atoms with Crippen LogP contribution < -0.4 is 0 Å². The van der Waals surface area contributed by atoms with Crippen LogP contribution in [0.15, 0.2) is 24.3 Å². The van der Waals surface area contributed by atoms with Crippen molar-refractivity contribution in [3.63, 3.8) is 0 Å². The molecule has 3 rings (SSSR count). The first-order valence-electron chi connectivity index (χ1n) is 9.98. The molecule has 0 radical (unpaired) electrons. The fourth-order valence-corrected chi connectivity index (χ4v) is 3.81. The molecule has 0 unspecified atom stereocenters. The third kappa shape index (κ3) is 5.22. The molecule has 2 atom stereocenters. The normalized spacial score (nSPS) is 23.8. The lowest BCUT2D eigenvalue weighted by atomic mass is 10.0. The number of hydrogen-bond donors (Lipinski definition) is 0. The molecule has 29 heavy (non-hydrogen) atoms. The molecule has 2 amide bonds. The molecular weight excluding hydrogens is 374 g/mol. The first-order chi connectivity index (χ1) is 13.5. The molecule has 1 fully saturated rings. The van der Waals surface area contributed by atoms with E-state index in [1.165, 1.54) is 4.90 Å². The molecule has 2 aliphatic heterocycles. The molecule has 2 heterocycles. The SMILES string of the molecule is CC(C)(C)OC(=O)C[C@H]1C[C@@H](CCN2C(=O)c3ccccc3C2=O)OC(C)(C)O1. The van der Waals surface area contributed by atoms with Gasteiger partial charge in [0.05, 0.1) is 29.8 Å². The second-order valence-electron chi connectivity index (χ2n) is 9.00. The number of fused-ring (bicyclic) bond motifs is 1. The van der Waals surface area contributed by atoms with Gasteiger partial charge in [-0.2, -0.15) is 0 Å². The molecule has 0 spiro atoms. The Kier molecular flexibility index (Phi) is 5.83. The Balaban J connectivity index is 1.60. The summed E-state index contributed by atoms with van der Waals surface area (Å²) in [5, 5.41) is 0. The number of nitrogens with zero attached hydrogens (tertiary/aromatic N) is 1. The van der Waals surface area contributed by atoms with E-state index in [4.69, 9.17) is 14.2 Å². The van der Waals surface area contributed by atoms with Crippen LogP contribution in [0.2, 0.25) is 0 Å². The maximum Gasteiger partial charge on any atom is 0.308 e. The van der Waals surface area contributed by atoms with E-state index in [9.17, 15) is 14.4 Å². The van der Waals surface area contributed by atoms with Gasteiger partial charge in [-0.3, -0.25) is 19.3 Å². The number of imide groups is 1. The quantitative estimate of drug-likeness (QED) is 0.554. The van der Waals surface area contributed by atoms with Crippen LogP contribution in [0.5, 0.6) is 0 Å². The third-order valence-corrected chi connectivity index (χ3v) is 4.79. The summed E-state index contributed by atoms with van der Waals surface area (Å²) in [6.07, 6.45) is 0.513. The first-order valence-corrected chi connectivity index (χ1v) is 9.98. The molecule has 1 saturated heterocycles. The molecule has 0 bridgehead atoms. The summed E-state index contributed by atoms with van der Waals surface area (Å²) in [4.78, 5) is 38.5. The molecule has 158 valence electrons. The van der Waals surface area contributed by atoms with Crippen molar-refractivity contribution in [2.75, 3.05) is 6.54 Å². The van der Waals surface area contributed by atoms with Crippen LogP contribution in [-0.4, -0.2) is 52.8 Å². The largest absolute Gasteiger partial charge is 0.460 e. The predicted molar refractivity (Wildman–Crippen MR) is 105 cm³/mol. The van der Waals surface area contributed by atoms with Crippen molar-refractivity contribution in [2.24, 2.45) is 0 Å². The maximum atomic E-state index is 12.5. The lowest BCUT2D eigenvalue weighted by molar-refractivity contribution is -0.300. The van der Waals surface area contributed by atoms with Gasteiger partial charge < -0.3 is 14.2 Å². The lowest BCUT2D eigenvalue weighted by Crippen LogP contribution is -2.46. The van der Waals surface area contributed by atoms with E-state index in [0.717, 1.165) is 0 Å². The van der Waals surface area contributed by atoms with Gasteiger partial charge in [-0.15, -0.1) is 0 Å². The van der Waals surface area contributed by atoms with Crippen molar-refractivity contribution < 1.29 is 28.6 Å². The van der Waals surface area contributed by atoms with Crippen molar-refractivity contribution in [2.45, 2.75) is 77.5 Å². The van der Waals surface area contributed by atoms with Gasteiger partial charge in [0.25, 0.3) is 11.8 Å². The summed E-state index contributed by atoms with van der Waals surface area (Å²) in [5.74, 6) is -1.74. The standard InChI is InChI=1S/C22H29NO6/c1-21(2,3)29-18(24)13-15-12-14(27-22(4,5)28-15)10-11-23-19(25)16-8-6-7-9-17(16)20(23)26/h6-9,14-15H,10-13H2,1-5H3/t14-,15-/m1/s1. The van der Waals surface area contributed by atoms with E-state index in [1.54, 1.807) is 38.1 Å². The van der Waals surface area contributed by atoms with Gasteiger partial charge in [0.15, 0.2) is 5.79 Å². The highest BCUT2D eigenvalue weighted by atomic mass is 16.7. The molecule has 1 aromatic carbocycles. The van der Waals surface area contributed by atoms with E-state index < -0.39 is 11.4 Å². The van der Waals surface area contributed by atoms with Crippen LogP contribution >= 0.6 is 0 Å². The Bertz CT molecular complexity index is 775. The fourth-order valence-electron chi connectivity index (χ4n) is 3.81. The zero-order valence-electron chi connectivity index (χ0n) is 17.7. The number of ether oxygens (including phenoxy) is 3. The zero-order chi connectivity index (χ0) is 21.4.